The molecule has 0 saturated carbocycles. The molecule has 492 valence electrons. The molecule has 0 aliphatic carbocycles. The number of nitrogens with one attached hydrogen (secondary N) is 3. The van der Waals surface area contributed by atoms with Crippen LogP contribution in [0.5, 0.6) is 0 Å². The van der Waals surface area contributed by atoms with E-state index in [9.17, 15) is 23.2 Å². The van der Waals surface area contributed by atoms with Crippen molar-refractivity contribution < 1.29 is 23.2 Å². The van der Waals surface area contributed by atoms with Gasteiger partial charge in [0.25, 0.3) is 17.7 Å². The van der Waals surface area contributed by atoms with E-state index in [1.54, 1.807) is 41.5 Å². The molecule has 0 aliphatic heterocycles. The summed E-state index contributed by atoms with van der Waals surface area (Å²) >= 11 is 0. The third-order valence-corrected chi connectivity index (χ3v) is 17.4. The number of halogens is 2. The summed E-state index contributed by atoms with van der Waals surface area (Å²) in [5.74, 6) is -0.410. The van der Waals surface area contributed by atoms with Crippen LogP contribution in [-0.2, 0) is 0 Å². The number of amides is 3. The maximum atomic E-state index is 14.4. The number of carbonyl (C=O) groups excluding carboxylic acids is 3. The molecule has 17 heteroatoms. The minimum atomic E-state index is -0.959. The van der Waals surface area contributed by atoms with Crippen molar-refractivity contribution in [2.24, 2.45) is 0 Å². The molecule has 100 heavy (non-hydrogen) atoms. The van der Waals surface area contributed by atoms with Crippen LogP contribution >= 0.6 is 0 Å². The van der Waals surface area contributed by atoms with Gasteiger partial charge in [0.2, 0.25) is 0 Å². The number of carbonyl (C=O) groups is 3. The number of rotatable bonds is 12. The van der Waals surface area contributed by atoms with Crippen LogP contribution in [0.2, 0.25) is 0 Å². The Labute approximate surface area is 576 Å². The molecule has 0 saturated heterocycles. The zero-order valence-corrected chi connectivity index (χ0v) is 56.2. The van der Waals surface area contributed by atoms with Crippen LogP contribution in [0.4, 0.5) is 25.8 Å². The van der Waals surface area contributed by atoms with Gasteiger partial charge in [-0.1, -0.05) is 144 Å². The molecular formula is C83H68F2N12O3. The van der Waals surface area contributed by atoms with Crippen LogP contribution < -0.4 is 16.0 Å². The molecule has 9 aromatic carbocycles. The molecule has 15 nitrogen and oxygen atoms in total. The van der Waals surface area contributed by atoms with E-state index < -0.39 is 11.6 Å². The van der Waals surface area contributed by atoms with Crippen LogP contribution in [0.25, 0.3) is 84.5 Å². The first kappa shape index (κ1) is 65.8. The highest BCUT2D eigenvalue weighted by atomic mass is 19.2. The molecule has 0 aliphatic rings. The summed E-state index contributed by atoms with van der Waals surface area (Å²) in [5, 5.41) is 8.92. The van der Waals surface area contributed by atoms with Crippen LogP contribution in [0.15, 0.2) is 250 Å². The largest absolute Gasteiger partial charge is 0.322 e. The van der Waals surface area contributed by atoms with Crippen LogP contribution in [0.3, 0.4) is 0 Å². The fraction of sp³-hybridized carbons (Fsp3) is 0.0964. The number of aromatic nitrogens is 9. The molecule has 0 radical (unpaired) electrons. The molecule has 0 unspecified atom stereocenters. The zero-order chi connectivity index (χ0) is 69.7. The van der Waals surface area contributed by atoms with Gasteiger partial charge in [-0.2, -0.15) is 0 Å². The van der Waals surface area contributed by atoms with Crippen molar-refractivity contribution in [3.63, 3.8) is 0 Å². The smallest absolute Gasteiger partial charge is 0.255 e. The molecule has 3 amide bonds. The molecule has 0 bridgehead atoms. The number of nitrogens with zero attached hydrogens (tertiary/aromatic N) is 9. The van der Waals surface area contributed by atoms with Crippen molar-refractivity contribution >= 4 is 51.3 Å². The number of fused-ring (bicyclic) bond motifs is 3. The topological polar surface area (TPSA) is 178 Å². The van der Waals surface area contributed by atoms with Crippen molar-refractivity contribution in [1.29, 1.82) is 0 Å². The summed E-state index contributed by atoms with van der Waals surface area (Å²) in [4.78, 5) is 66.5. The first-order valence-electron chi connectivity index (χ1n) is 32.4. The Hall–Kier alpha value is -12.9. The third kappa shape index (κ3) is 13.9. The maximum Gasteiger partial charge on any atom is 0.255 e. The lowest BCUT2D eigenvalue weighted by molar-refractivity contribution is 0.101. The van der Waals surface area contributed by atoms with Crippen molar-refractivity contribution in [2.75, 3.05) is 16.0 Å². The van der Waals surface area contributed by atoms with Gasteiger partial charge in [-0.05, 0) is 150 Å². The van der Waals surface area contributed by atoms with E-state index in [0.29, 0.717) is 39.2 Å². The van der Waals surface area contributed by atoms with E-state index in [1.165, 1.54) is 17.7 Å². The van der Waals surface area contributed by atoms with Gasteiger partial charge in [-0.25, -0.2) is 23.7 Å². The van der Waals surface area contributed by atoms with Gasteiger partial charge in [0.15, 0.2) is 11.6 Å². The second-order valence-electron chi connectivity index (χ2n) is 24.7. The number of aryl methyl sites for hydroxylation is 8. The number of hydrogen-bond acceptors (Lipinski definition) is 9. The lowest BCUT2D eigenvalue weighted by Gasteiger charge is -2.11. The lowest BCUT2D eigenvalue weighted by Crippen LogP contribution is -2.13. The van der Waals surface area contributed by atoms with E-state index in [-0.39, 0.29) is 29.1 Å². The van der Waals surface area contributed by atoms with Gasteiger partial charge in [-0.3, -0.25) is 42.5 Å². The van der Waals surface area contributed by atoms with Gasteiger partial charge in [0.05, 0.1) is 57.8 Å². The molecule has 3 N–H and O–H groups in total. The first-order chi connectivity index (χ1) is 48.4. The van der Waals surface area contributed by atoms with Crippen LogP contribution in [0, 0.1) is 67.0 Å². The normalized spacial score (nSPS) is 11.0. The predicted molar refractivity (Wildman–Crippen MR) is 393 cm³/mol. The lowest BCUT2D eigenvalue weighted by atomic mass is 10.0. The Kier molecular flexibility index (Phi) is 18.7. The Bertz CT molecular complexity index is 5600. The second-order valence-corrected chi connectivity index (χ2v) is 24.7. The molecular weight excluding hydrogens is 1250 g/mol. The predicted octanol–water partition coefficient (Wildman–Crippen LogP) is 18.7. The van der Waals surface area contributed by atoms with Gasteiger partial charge in [-0.15, -0.1) is 0 Å². The molecule has 0 spiro atoms. The van der Waals surface area contributed by atoms with Gasteiger partial charge in [0.1, 0.15) is 17.5 Å². The fourth-order valence-electron chi connectivity index (χ4n) is 11.9. The summed E-state index contributed by atoms with van der Waals surface area (Å²) in [6.07, 6.45) is 15.8. The standard InChI is InChI=1S/2C28H24N4O.C27H20F2N4O/c1-18-7-11-23(12-8-18)31-28(33)24-16-21(10-9-20(24)3)26-25-17-30-27(32(25)14-13-29-26)22-6-4-5-19(2)15-22;1-18-8-12-22(13-9-18)31-28(33)24-16-21(11-10-20(24)3)26-25-17-30-27(32(25)15-14-29-26)23-7-5-4-6-19(23)2;1-16-6-10-19(11-7-16)32-27(34)21-14-18(9-8-17(21)2)25-23-15-31-26(33(23)13-12-30-25)20-4-3-5-22(28)24(20)29/h2*4-17H,1-3H3,(H,31,33);3-15H,1-2H3,(H,32,34). The summed E-state index contributed by atoms with van der Waals surface area (Å²) in [6.45, 7) is 15.9. The van der Waals surface area contributed by atoms with Gasteiger partial charge >= 0.3 is 0 Å². The fourth-order valence-corrected chi connectivity index (χ4v) is 11.9. The van der Waals surface area contributed by atoms with E-state index >= 15 is 0 Å². The van der Waals surface area contributed by atoms with Crippen LogP contribution in [0.1, 0.15) is 75.6 Å². The molecule has 15 rings (SSSR count). The quantitative estimate of drug-likeness (QED) is 0.107. The van der Waals surface area contributed by atoms with Crippen molar-refractivity contribution in [2.45, 2.75) is 55.4 Å². The highest BCUT2D eigenvalue weighted by Crippen LogP contribution is 2.34. The molecule has 6 heterocycles. The Morgan fingerprint density at radius 2 is 0.700 bits per heavy atom. The summed E-state index contributed by atoms with van der Waals surface area (Å²) in [6, 6.07) is 60.8. The minimum absolute atomic E-state index is 0.0548. The Morgan fingerprint density at radius 3 is 1.11 bits per heavy atom. The SMILES string of the molecule is Cc1ccc(NC(=O)c2cc(-c3nccn4c(-c5cccc(C)c5)ncc34)ccc2C)cc1.Cc1ccc(NC(=O)c2cc(-c3nccn4c(-c5cccc(F)c5F)ncc34)ccc2C)cc1.Cc1ccc(NC(=O)c2cc(-c3nccn4c(-c5ccccc5C)ncc34)ccc2C)cc1. The Balaban J connectivity index is 0.000000134. The van der Waals surface area contributed by atoms with E-state index in [2.05, 4.69) is 89.5 Å². The monoisotopic (exact) mass is 1320 g/mol. The number of anilines is 3. The first-order valence-corrected chi connectivity index (χ1v) is 32.4. The highest BCUT2D eigenvalue weighted by Gasteiger charge is 2.22. The number of hydrogen-bond donors (Lipinski definition) is 3. The van der Waals surface area contributed by atoms with E-state index in [4.69, 9.17) is 4.98 Å². The van der Waals surface area contributed by atoms with Crippen molar-refractivity contribution in [3.05, 3.63) is 323 Å². The average Bonchev–Trinajstić information content (AvgIpc) is 1.59. The summed E-state index contributed by atoms with van der Waals surface area (Å²) in [5.41, 5.74) is 21.5. The molecule has 0 fully saturated rings. The zero-order valence-electron chi connectivity index (χ0n) is 56.2. The van der Waals surface area contributed by atoms with E-state index in [1.807, 2.05) is 210 Å². The van der Waals surface area contributed by atoms with E-state index in [0.717, 1.165) is 113 Å². The van der Waals surface area contributed by atoms with Crippen LogP contribution in [-0.4, -0.2) is 60.8 Å². The minimum Gasteiger partial charge on any atom is -0.322 e. The van der Waals surface area contributed by atoms with Crippen molar-refractivity contribution in [3.8, 4) is 67.9 Å². The molecule has 6 aromatic heterocycles. The number of imidazole rings is 3. The average molecular weight is 1320 g/mol. The Morgan fingerprint density at radius 1 is 0.330 bits per heavy atom. The third-order valence-electron chi connectivity index (χ3n) is 17.4. The number of benzene rings is 9. The van der Waals surface area contributed by atoms with Crippen molar-refractivity contribution in [1.82, 2.24) is 43.1 Å². The van der Waals surface area contributed by atoms with Gasteiger partial charge in [0, 0.05) is 98.8 Å². The molecule has 0 atom stereocenters. The molecule has 15 aromatic rings. The second kappa shape index (κ2) is 28.4. The summed E-state index contributed by atoms with van der Waals surface area (Å²) in [7, 11) is 0. The summed E-state index contributed by atoms with van der Waals surface area (Å²) < 4.78 is 34.0. The highest BCUT2D eigenvalue weighted by molar-refractivity contribution is 6.08. The van der Waals surface area contributed by atoms with Gasteiger partial charge < -0.3 is 16.0 Å². The maximum absolute atomic E-state index is 14.4.